The molecule has 7 heteroatoms. The summed E-state index contributed by atoms with van der Waals surface area (Å²) in [5.41, 5.74) is 0. The van der Waals surface area contributed by atoms with Crippen LogP contribution in [0.4, 0.5) is 0 Å². The SMILES string of the molecule is CCNC(=NCCCCn1ccnc1C)NC1CCCSC1.I. The molecule has 0 spiro atoms. The van der Waals surface area contributed by atoms with Gasteiger partial charge in [-0.05, 0) is 45.3 Å². The first-order valence-corrected chi connectivity index (χ1v) is 9.55. The number of aromatic nitrogens is 2. The summed E-state index contributed by atoms with van der Waals surface area (Å²) in [6.07, 6.45) is 8.73. The Balaban J connectivity index is 0.00000264. The van der Waals surface area contributed by atoms with Crippen LogP contribution in [0.2, 0.25) is 0 Å². The first kappa shape index (κ1) is 20.6. The van der Waals surface area contributed by atoms with Crippen LogP contribution in [0.1, 0.15) is 38.4 Å². The van der Waals surface area contributed by atoms with Crippen LogP contribution in [-0.4, -0.2) is 46.1 Å². The molecule has 1 aliphatic heterocycles. The van der Waals surface area contributed by atoms with Gasteiger partial charge >= 0.3 is 0 Å². The molecule has 2 rings (SSSR count). The van der Waals surface area contributed by atoms with Crippen molar-refractivity contribution in [2.75, 3.05) is 24.6 Å². The van der Waals surface area contributed by atoms with E-state index < -0.39 is 0 Å². The van der Waals surface area contributed by atoms with Gasteiger partial charge in [0.05, 0.1) is 0 Å². The summed E-state index contributed by atoms with van der Waals surface area (Å²) >= 11 is 2.04. The monoisotopic (exact) mass is 451 g/mol. The van der Waals surface area contributed by atoms with E-state index in [4.69, 9.17) is 4.99 Å². The van der Waals surface area contributed by atoms with Crippen LogP contribution in [0, 0.1) is 6.92 Å². The van der Waals surface area contributed by atoms with Gasteiger partial charge < -0.3 is 15.2 Å². The van der Waals surface area contributed by atoms with Gasteiger partial charge in [0, 0.05) is 43.8 Å². The number of guanidine groups is 1. The smallest absolute Gasteiger partial charge is 0.191 e. The third-order valence-corrected chi connectivity index (χ3v) is 5.06. The van der Waals surface area contributed by atoms with Crippen LogP contribution in [0.15, 0.2) is 17.4 Å². The Morgan fingerprint density at radius 3 is 3.00 bits per heavy atom. The van der Waals surface area contributed by atoms with Crippen molar-refractivity contribution in [2.24, 2.45) is 4.99 Å². The quantitative estimate of drug-likeness (QED) is 0.290. The average molecular weight is 451 g/mol. The molecule has 0 radical (unpaired) electrons. The third kappa shape index (κ3) is 7.78. The van der Waals surface area contributed by atoms with E-state index in [1.54, 1.807) is 0 Å². The fourth-order valence-corrected chi connectivity index (χ4v) is 3.66. The fourth-order valence-electron chi connectivity index (χ4n) is 2.59. The van der Waals surface area contributed by atoms with Crippen molar-refractivity contribution in [2.45, 2.75) is 52.1 Å². The van der Waals surface area contributed by atoms with Gasteiger partial charge in [-0.25, -0.2) is 4.98 Å². The maximum absolute atomic E-state index is 4.71. The number of halogens is 1. The molecule has 1 unspecified atom stereocenters. The number of nitrogens with one attached hydrogen (secondary N) is 2. The summed E-state index contributed by atoms with van der Waals surface area (Å²) < 4.78 is 2.20. The van der Waals surface area contributed by atoms with Crippen molar-refractivity contribution in [1.82, 2.24) is 20.2 Å². The Morgan fingerprint density at radius 2 is 2.35 bits per heavy atom. The normalized spacial score (nSPS) is 18.3. The van der Waals surface area contributed by atoms with Crippen molar-refractivity contribution >= 4 is 41.7 Å². The number of imidazole rings is 1. The van der Waals surface area contributed by atoms with E-state index in [-0.39, 0.29) is 24.0 Å². The minimum absolute atomic E-state index is 0. The zero-order valence-corrected chi connectivity index (χ0v) is 17.4. The van der Waals surface area contributed by atoms with Gasteiger partial charge in [-0.3, -0.25) is 4.99 Å². The Bertz CT molecular complexity index is 457. The Kier molecular flexibility index (Phi) is 10.7. The molecule has 1 aliphatic rings. The minimum Gasteiger partial charge on any atom is -0.357 e. The largest absolute Gasteiger partial charge is 0.357 e. The first-order valence-electron chi connectivity index (χ1n) is 8.40. The first-order chi connectivity index (χ1) is 10.8. The molecule has 5 nitrogen and oxygen atoms in total. The van der Waals surface area contributed by atoms with Crippen LogP contribution >= 0.6 is 35.7 Å². The zero-order chi connectivity index (χ0) is 15.6. The van der Waals surface area contributed by atoms with Crippen LogP contribution in [0.3, 0.4) is 0 Å². The van der Waals surface area contributed by atoms with Gasteiger partial charge in [0.15, 0.2) is 5.96 Å². The molecule has 0 saturated carbocycles. The topological polar surface area (TPSA) is 54.2 Å². The Labute approximate surface area is 161 Å². The molecule has 2 N–H and O–H groups in total. The highest BCUT2D eigenvalue weighted by Gasteiger charge is 2.14. The van der Waals surface area contributed by atoms with E-state index in [9.17, 15) is 0 Å². The molecule has 2 heterocycles. The minimum atomic E-state index is 0. The lowest BCUT2D eigenvalue weighted by atomic mass is 10.2. The van der Waals surface area contributed by atoms with Crippen molar-refractivity contribution < 1.29 is 0 Å². The molecule has 1 aromatic rings. The molecule has 1 atom stereocenters. The predicted octanol–water partition coefficient (Wildman–Crippen LogP) is 3.04. The highest BCUT2D eigenvalue weighted by Crippen LogP contribution is 2.16. The molecule has 0 aromatic carbocycles. The Morgan fingerprint density at radius 1 is 1.48 bits per heavy atom. The summed E-state index contributed by atoms with van der Waals surface area (Å²) in [6.45, 7) is 7.00. The van der Waals surface area contributed by atoms with Gasteiger partial charge in [0.1, 0.15) is 5.82 Å². The molecule has 0 amide bonds. The summed E-state index contributed by atoms with van der Waals surface area (Å²) in [6, 6.07) is 0.574. The molecule has 0 bridgehead atoms. The molecule has 1 saturated heterocycles. The van der Waals surface area contributed by atoms with Gasteiger partial charge in [-0.15, -0.1) is 24.0 Å². The highest BCUT2D eigenvalue weighted by atomic mass is 127. The zero-order valence-electron chi connectivity index (χ0n) is 14.3. The summed E-state index contributed by atoms with van der Waals surface area (Å²) in [7, 11) is 0. The van der Waals surface area contributed by atoms with Gasteiger partial charge in [-0.2, -0.15) is 11.8 Å². The summed E-state index contributed by atoms with van der Waals surface area (Å²) in [5.74, 6) is 4.58. The van der Waals surface area contributed by atoms with E-state index in [2.05, 4.69) is 27.1 Å². The second-order valence-electron chi connectivity index (χ2n) is 5.69. The van der Waals surface area contributed by atoms with Gasteiger partial charge in [0.2, 0.25) is 0 Å². The van der Waals surface area contributed by atoms with Crippen LogP contribution < -0.4 is 10.6 Å². The number of thioether (sulfide) groups is 1. The number of aryl methyl sites for hydroxylation is 2. The van der Waals surface area contributed by atoms with E-state index in [0.29, 0.717) is 6.04 Å². The highest BCUT2D eigenvalue weighted by molar-refractivity contribution is 14.0. The van der Waals surface area contributed by atoms with Gasteiger partial charge in [-0.1, -0.05) is 0 Å². The van der Waals surface area contributed by atoms with Gasteiger partial charge in [0.25, 0.3) is 0 Å². The molecule has 23 heavy (non-hydrogen) atoms. The maximum Gasteiger partial charge on any atom is 0.191 e. The van der Waals surface area contributed by atoms with Crippen LogP contribution in [0.5, 0.6) is 0 Å². The summed E-state index contributed by atoms with van der Waals surface area (Å²) in [4.78, 5) is 8.96. The number of rotatable bonds is 7. The van der Waals surface area contributed by atoms with Crippen molar-refractivity contribution in [3.63, 3.8) is 0 Å². The molecular formula is C16H30IN5S. The van der Waals surface area contributed by atoms with Crippen molar-refractivity contribution in [3.05, 3.63) is 18.2 Å². The molecule has 132 valence electrons. The molecular weight excluding hydrogens is 421 g/mol. The van der Waals surface area contributed by atoms with Crippen molar-refractivity contribution in [3.8, 4) is 0 Å². The number of hydrogen-bond donors (Lipinski definition) is 2. The number of nitrogens with zero attached hydrogens (tertiary/aromatic N) is 3. The second kappa shape index (κ2) is 12.0. The lowest BCUT2D eigenvalue weighted by Gasteiger charge is -2.24. The second-order valence-corrected chi connectivity index (χ2v) is 6.84. The number of aliphatic imine (C=N–C) groups is 1. The lowest BCUT2D eigenvalue weighted by Crippen LogP contribution is -2.45. The van der Waals surface area contributed by atoms with E-state index >= 15 is 0 Å². The molecule has 1 aromatic heterocycles. The number of hydrogen-bond acceptors (Lipinski definition) is 3. The van der Waals surface area contributed by atoms with E-state index in [1.807, 2.05) is 31.1 Å². The van der Waals surface area contributed by atoms with Crippen LogP contribution in [-0.2, 0) is 6.54 Å². The van der Waals surface area contributed by atoms with E-state index in [1.165, 1.54) is 24.3 Å². The predicted molar refractivity (Wildman–Crippen MR) is 111 cm³/mol. The third-order valence-electron chi connectivity index (χ3n) is 3.85. The average Bonchev–Trinajstić information content (AvgIpc) is 2.93. The standard InChI is InChI=1S/C16H29N5S.HI/c1-3-17-16(20-15-7-6-12-22-13-15)19-8-4-5-10-21-11-9-18-14(21)2;/h9,11,15H,3-8,10,12-13H2,1-2H3,(H2,17,19,20);1H. The fraction of sp³-hybridized carbons (Fsp3) is 0.750. The van der Waals surface area contributed by atoms with Crippen molar-refractivity contribution in [1.29, 1.82) is 0 Å². The lowest BCUT2D eigenvalue weighted by molar-refractivity contribution is 0.577. The Hall–Kier alpha value is -0.440. The molecule has 0 aliphatic carbocycles. The maximum atomic E-state index is 4.71. The van der Waals surface area contributed by atoms with E-state index in [0.717, 1.165) is 44.3 Å². The molecule has 1 fully saturated rings. The van der Waals surface area contributed by atoms with Crippen LogP contribution in [0.25, 0.3) is 0 Å². The summed E-state index contributed by atoms with van der Waals surface area (Å²) in [5, 5.41) is 6.93. The number of unbranched alkanes of at least 4 members (excludes halogenated alkanes) is 1.